The average molecular weight is 278 g/mol. The second-order valence-corrected chi connectivity index (χ2v) is 5.31. The van der Waals surface area contributed by atoms with Gasteiger partial charge in [0.1, 0.15) is 0 Å². The fraction of sp³-hybridized carbons (Fsp3) is 0.375. The van der Waals surface area contributed by atoms with Crippen molar-refractivity contribution in [1.29, 1.82) is 0 Å². The maximum atomic E-state index is 6.18. The molecule has 0 fully saturated rings. The van der Waals surface area contributed by atoms with Crippen LogP contribution in [0.3, 0.4) is 0 Å². The minimum absolute atomic E-state index is 0.162. The molecule has 2 aromatic rings. The quantitative estimate of drug-likeness (QED) is 0.861. The molecule has 2 rings (SSSR count). The Morgan fingerprint density at radius 1 is 1.26 bits per heavy atom. The molecule has 0 aliphatic rings. The number of nitrogens with one attached hydrogen (secondary N) is 1. The van der Waals surface area contributed by atoms with Gasteiger partial charge in [-0.25, -0.2) is 0 Å². The molecule has 19 heavy (non-hydrogen) atoms. The summed E-state index contributed by atoms with van der Waals surface area (Å²) in [5.41, 5.74) is 4.72. The van der Waals surface area contributed by atoms with E-state index in [-0.39, 0.29) is 6.04 Å². The highest BCUT2D eigenvalue weighted by Crippen LogP contribution is 2.29. The van der Waals surface area contributed by atoms with Gasteiger partial charge in [0.15, 0.2) is 0 Å². The van der Waals surface area contributed by atoms with Gasteiger partial charge in [-0.1, -0.05) is 24.6 Å². The highest BCUT2D eigenvalue weighted by molar-refractivity contribution is 6.31. The van der Waals surface area contributed by atoms with Crippen molar-refractivity contribution in [1.82, 2.24) is 5.32 Å². The van der Waals surface area contributed by atoms with Gasteiger partial charge in [-0.15, -0.1) is 0 Å². The number of halogens is 1. The van der Waals surface area contributed by atoms with Crippen LogP contribution in [0.5, 0.6) is 0 Å². The number of rotatable bonds is 5. The average Bonchev–Trinajstić information content (AvgIpc) is 2.89. The molecule has 3 heteroatoms. The van der Waals surface area contributed by atoms with Crippen LogP contribution in [0.2, 0.25) is 5.02 Å². The highest BCUT2D eigenvalue weighted by Gasteiger charge is 2.17. The Morgan fingerprint density at radius 2 is 2.05 bits per heavy atom. The third-order valence-corrected chi connectivity index (χ3v) is 3.74. The van der Waals surface area contributed by atoms with E-state index in [2.05, 4.69) is 25.2 Å². The summed E-state index contributed by atoms with van der Waals surface area (Å²) in [6, 6.07) is 6.37. The van der Waals surface area contributed by atoms with Crippen LogP contribution in [0.25, 0.3) is 0 Å². The molecular weight excluding hydrogens is 258 g/mol. The summed E-state index contributed by atoms with van der Waals surface area (Å²) in [5.74, 6) is 0. The van der Waals surface area contributed by atoms with Crippen molar-refractivity contribution in [2.75, 3.05) is 6.54 Å². The minimum atomic E-state index is 0.162. The van der Waals surface area contributed by atoms with Gasteiger partial charge < -0.3 is 9.73 Å². The third kappa shape index (κ3) is 3.20. The van der Waals surface area contributed by atoms with E-state index >= 15 is 0 Å². The molecular formula is C16H20ClNO. The van der Waals surface area contributed by atoms with Crippen molar-refractivity contribution in [3.05, 3.63) is 58.0 Å². The Bertz CT molecular complexity index is 534. The van der Waals surface area contributed by atoms with Gasteiger partial charge in [-0.3, -0.25) is 0 Å². The molecule has 1 atom stereocenters. The van der Waals surface area contributed by atoms with E-state index in [4.69, 9.17) is 16.0 Å². The second-order valence-electron chi connectivity index (χ2n) is 4.90. The third-order valence-electron chi connectivity index (χ3n) is 3.33. The Hall–Kier alpha value is -1.25. The summed E-state index contributed by atoms with van der Waals surface area (Å²) in [4.78, 5) is 0. The van der Waals surface area contributed by atoms with E-state index in [0.29, 0.717) is 0 Å². The van der Waals surface area contributed by atoms with Crippen LogP contribution in [-0.2, 0) is 0 Å². The smallest absolute Gasteiger partial charge is 0.0953 e. The molecule has 0 saturated heterocycles. The van der Waals surface area contributed by atoms with E-state index in [0.717, 1.165) is 29.1 Å². The molecule has 0 spiro atoms. The van der Waals surface area contributed by atoms with Gasteiger partial charge in [-0.2, -0.15) is 0 Å². The van der Waals surface area contributed by atoms with E-state index in [1.54, 1.807) is 12.5 Å². The molecule has 1 aromatic heterocycles. The van der Waals surface area contributed by atoms with Gasteiger partial charge in [0, 0.05) is 10.6 Å². The molecule has 0 bridgehead atoms. The normalized spacial score (nSPS) is 12.6. The Labute approximate surface area is 119 Å². The van der Waals surface area contributed by atoms with Crippen molar-refractivity contribution in [3.8, 4) is 0 Å². The van der Waals surface area contributed by atoms with E-state index in [9.17, 15) is 0 Å². The maximum Gasteiger partial charge on any atom is 0.0953 e. The highest BCUT2D eigenvalue weighted by atomic mass is 35.5. The monoisotopic (exact) mass is 277 g/mol. The first-order chi connectivity index (χ1) is 9.13. The minimum Gasteiger partial charge on any atom is -0.472 e. The zero-order valence-electron chi connectivity index (χ0n) is 11.7. The summed E-state index contributed by atoms with van der Waals surface area (Å²) in [6.07, 6.45) is 4.62. The van der Waals surface area contributed by atoms with Gasteiger partial charge in [0.05, 0.1) is 18.6 Å². The lowest BCUT2D eigenvalue weighted by Crippen LogP contribution is -2.23. The second kappa shape index (κ2) is 6.27. The molecule has 1 N–H and O–H groups in total. The van der Waals surface area contributed by atoms with Gasteiger partial charge in [0.2, 0.25) is 0 Å². The largest absolute Gasteiger partial charge is 0.472 e. The molecule has 0 aliphatic carbocycles. The number of furan rings is 1. The fourth-order valence-electron chi connectivity index (χ4n) is 2.25. The first kappa shape index (κ1) is 14.2. The van der Waals surface area contributed by atoms with Crippen LogP contribution < -0.4 is 5.32 Å². The molecule has 1 aromatic carbocycles. The van der Waals surface area contributed by atoms with Gasteiger partial charge >= 0.3 is 0 Å². The SMILES string of the molecule is CCCNC(c1ccoc1)c1cc(C)c(Cl)cc1C. The fourth-order valence-corrected chi connectivity index (χ4v) is 2.47. The number of aryl methyl sites for hydroxylation is 2. The zero-order chi connectivity index (χ0) is 13.8. The molecule has 0 saturated carbocycles. The van der Waals surface area contributed by atoms with Crippen LogP contribution >= 0.6 is 11.6 Å². The molecule has 0 aliphatic heterocycles. The topological polar surface area (TPSA) is 25.2 Å². The van der Waals surface area contributed by atoms with Crippen molar-refractivity contribution >= 4 is 11.6 Å². The van der Waals surface area contributed by atoms with E-state index < -0.39 is 0 Å². The van der Waals surface area contributed by atoms with Crippen molar-refractivity contribution in [3.63, 3.8) is 0 Å². The van der Waals surface area contributed by atoms with Gasteiger partial charge in [0.25, 0.3) is 0 Å². The van der Waals surface area contributed by atoms with Crippen LogP contribution in [-0.4, -0.2) is 6.54 Å². The number of hydrogen-bond donors (Lipinski definition) is 1. The van der Waals surface area contributed by atoms with Crippen LogP contribution in [0, 0.1) is 13.8 Å². The lowest BCUT2D eigenvalue weighted by Gasteiger charge is -2.21. The Kier molecular flexibility index (Phi) is 4.67. The van der Waals surface area contributed by atoms with Gasteiger partial charge in [-0.05, 0) is 55.6 Å². The lowest BCUT2D eigenvalue weighted by atomic mass is 9.95. The van der Waals surface area contributed by atoms with Crippen LogP contribution in [0.4, 0.5) is 0 Å². The Morgan fingerprint density at radius 3 is 2.68 bits per heavy atom. The molecule has 0 radical (unpaired) electrons. The Balaban J connectivity index is 2.40. The predicted molar refractivity (Wildman–Crippen MR) is 79.8 cm³/mol. The first-order valence-corrected chi connectivity index (χ1v) is 7.03. The number of hydrogen-bond acceptors (Lipinski definition) is 2. The van der Waals surface area contributed by atoms with Crippen LogP contribution in [0.1, 0.15) is 41.6 Å². The molecule has 102 valence electrons. The summed E-state index contributed by atoms with van der Waals surface area (Å²) in [7, 11) is 0. The molecule has 1 heterocycles. The summed E-state index contributed by atoms with van der Waals surface area (Å²) < 4.78 is 5.22. The first-order valence-electron chi connectivity index (χ1n) is 6.65. The van der Waals surface area contributed by atoms with E-state index in [1.165, 1.54) is 11.1 Å². The lowest BCUT2D eigenvalue weighted by molar-refractivity contribution is 0.547. The molecule has 0 amide bonds. The van der Waals surface area contributed by atoms with Crippen molar-refractivity contribution < 1.29 is 4.42 Å². The van der Waals surface area contributed by atoms with Crippen molar-refractivity contribution in [2.24, 2.45) is 0 Å². The molecule has 1 unspecified atom stereocenters. The summed E-state index contributed by atoms with van der Waals surface area (Å²) >= 11 is 6.18. The zero-order valence-corrected chi connectivity index (χ0v) is 12.4. The standard InChI is InChI=1S/C16H20ClNO/c1-4-6-18-16(13-5-7-19-10-13)14-8-12(3)15(17)9-11(14)2/h5,7-10,16,18H,4,6H2,1-3H3. The van der Waals surface area contributed by atoms with E-state index in [1.807, 2.05) is 19.1 Å². The van der Waals surface area contributed by atoms with Crippen molar-refractivity contribution in [2.45, 2.75) is 33.2 Å². The maximum absolute atomic E-state index is 6.18. The number of benzene rings is 1. The predicted octanol–water partition coefficient (Wildman–Crippen LogP) is 4.64. The molecule has 2 nitrogen and oxygen atoms in total. The van der Waals surface area contributed by atoms with Crippen LogP contribution in [0.15, 0.2) is 35.1 Å². The summed E-state index contributed by atoms with van der Waals surface area (Å²) in [6.45, 7) is 7.27. The summed E-state index contributed by atoms with van der Waals surface area (Å²) in [5, 5.41) is 4.39.